The molecular formula is C17H21N3O3. The van der Waals surface area contributed by atoms with Crippen LogP contribution in [0.25, 0.3) is 0 Å². The van der Waals surface area contributed by atoms with Crippen molar-refractivity contribution in [3.63, 3.8) is 0 Å². The summed E-state index contributed by atoms with van der Waals surface area (Å²) in [4.78, 5) is 16.6. The van der Waals surface area contributed by atoms with E-state index in [1.165, 1.54) is 6.26 Å². The summed E-state index contributed by atoms with van der Waals surface area (Å²) in [5.74, 6) is 1.48. The number of amides is 1. The zero-order chi connectivity index (χ0) is 16.2. The normalized spacial score (nSPS) is 14.9. The predicted molar refractivity (Wildman–Crippen MR) is 87.7 cm³/mol. The molecule has 122 valence electrons. The highest BCUT2D eigenvalue weighted by Gasteiger charge is 2.24. The van der Waals surface area contributed by atoms with Gasteiger partial charge in [-0.3, -0.25) is 4.79 Å². The smallest absolute Gasteiger partial charge is 0.257 e. The number of nitrogens with zero attached hydrogens (tertiary/aromatic N) is 2. The molecule has 0 unspecified atom stereocenters. The van der Waals surface area contributed by atoms with Gasteiger partial charge in [0.25, 0.3) is 5.91 Å². The number of rotatable bonds is 4. The van der Waals surface area contributed by atoms with Crippen LogP contribution in [0, 0.1) is 0 Å². The number of carbonyl (C=O) groups is 1. The second-order valence-corrected chi connectivity index (χ2v) is 5.46. The van der Waals surface area contributed by atoms with Crippen LogP contribution in [0.4, 0.5) is 5.69 Å². The second-order valence-electron chi connectivity index (χ2n) is 5.46. The van der Waals surface area contributed by atoms with E-state index in [1.54, 1.807) is 13.2 Å². The van der Waals surface area contributed by atoms with Gasteiger partial charge in [0, 0.05) is 26.2 Å². The number of benzene rings is 1. The SMILES string of the molecule is COc1ccccc1N1CCN(C(=O)c2coc(CN)c2)CC1. The number of ether oxygens (including phenoxy) is 1. The third-order valence-corrected chi connectivity index (χ3v) is 4.09. The number of hydrogen-bond acceptors (Lipinski definition) is 5. The van der Waals surface area contributed by atoms with Crippen molar-refractivity contribution in [3.8, 4) is 5.75 Å². The van der Waals surface area contributed by atoms with Crippen molar-refractivity contribution in [3.05, 3.63) is 47.9 Å². The quantitative estimate of drug-likeness (QED) is 0.930. The first kappa shape index (κ1) is 15.4. The third-order valence-electron chi connectivity index (χ3n) is 4.09. The van der Waals surface area contributed by atoms with Gasteiger partial charge in [-0.05, 0) is 18.2 Å². The number of para-hydroxylation sites is 2. The van der Waals surface area contributed by atoms with Gasteiger partial charge < -0.3 is 24.7 Å². The van der Waals surface area contributed by atoms with E-state index in [2.05, 4.69) is 4.90 Å². The average Bonchev–Trinajstić information content (AvgIpc) is 3.10. The van der Waals surface area contributed by atoms with Crippen LogP contribution in [0.2, 0.25) is 0 Å². The Labute approximate surface area is 135 Å². The van der Waals surface area contributed by atoms with Crippen LogP contribution in [-0.2, 0) is 6.54 Å². The van der Waals surface area contributed by atoms with E-state index in [9.17, 15) is 4.79 Å². The highest BCUT2D eigenvalue weighted by atomic mass is 16.5. The maximum atomic E-state index is 12.5. The maximum Gasteiger partial charge on any atom is 0.257 e. The zero-order valence-electron chi connectivity index (χ0n) is 13.2. The summed E-state index contributed by atoms with van der Waals surface area (Å²) in [7, 11) is 1.67. The molecular weight excluding hydrogens is 294 g/mol. The lowest BCUT2D eigenvalue weighted by Gasteiger charge is -2.36. The molecule has 1 fully saturated rings. The Morgan fingerprint density at radius 1 is 1.26 bits per heavy atom. The molecule has 3 rings (SSSR count). The summed E-state index contributed by atoms with van der Waals surface area (Å²) >= 11 is 0. The predicted octanol–water partition coefficient (Wildman–Crippen LogP) is 1.71. The average molecular weight is 315 g/mol. The van der Waals surface area contributed by atoms with Crippen LogP contribution >= 0.6 is 0 Å². The molecule has 0 bridgehead atoms. The summed E-state index contributed by atoms with van der Waals surface area (Å²) in [5, 5.41) is 0. The Balaban J connectivity index is 1.65. The first-order valence-electron chi connectivity index (χ1n) is 7.67. The Morgan fingerprint density at radius 3 is 2.65 bits per heavy atom. The molecule has 0 spiro atoms. The van der Waals surface area contributed by atoms with Crippen molar-refractivity contribution in [2.75, 3.05) is 38.2 Å². The number of anilines is 1. The molecule has 2 heterocycles. The molecule has 6 heteroatoms. The largest absolute Gasteiger partial charge is 0.495 e. The van der Waals surface area contributed by atoms with E-state index in [0.29, 0.717) is 31.0 Å². The van der Waals surface area contributed by atoms with Gasteiger partial charge in [-0.25, -0.2) is 0 Å². The molecule has 2 N–H and O–H groups in total. The highest BCUT2D eigenvalue weighted by molar-refractivity contribution is 5.94. The lowest BCUT2D eigenvalue weighted by atomic mass is 10.2. The van der Waals surface area contributed by atoms with Gasteiger partial charge in [0.05, 0.1) is 24.9 Å². The second kappa shape index (κ2) is 6.75. The van der Waals surface area contributed by atoms with Crippen molar-refractivity contribution >= 4 is 11.6 Å². The summed E-state index contributed by atoms with van der Waals surface area (Å²) in [5.41, 5.74) is 7.15. The number of carbonyl (C=O) groups excluding carboxylic acids is 1. The van der Waals surface area contributed by atoms with Gasteiger partial charge >= 0.3 is 0 Å². The monoisotopic (exact) mass is 315 g/mol. The molecule has 1 aliphatic heterocycles. The molecule has 0 radical (unpaired) electrons. The number of furan rings is 1. The summed E-state index contributed by atoms with van der Waals surface area (Å²) in [6, 6.07) is 9.66. The van der Waals surface area contributed by atoms with Crippen molar-refractivity contribution < 1.29 is 13.9 Å². The van der Waals surface area contributed by atoms with Crippen LogP contribution < -0.4 is 15.4 Å². The molecule has 0 aliphatic carbocycles. The fourth-order valence-corrected chi connectivity index (χ4v) is 2.82. The fraction of sp³-hybridized carbons (Fsp3) is 0.353. The molecule has 0 saturated carbocycles. The molecule has 1 amide bonds. The third kappa shape index (κ3) is 3.17. The Kier molecular flexibility index (Phi) is 4.52. The summed E-state index contributed by atoms with van der Waals surface area (Å²) in [6.07, 6.45) is 1.48. The lowest BCUT2D eigenvalue weighted by Crippen LogP contribution is -2.48. The minimum atomic E-state index is -0.00636. The summed E-state index contributed by atoms with van der Waals surface area (Å²) < 4.78 is 10.7. The molecule has 1 aromatic carbocycles. The van der Waals surface area contributed by atoms with E-state index < -0.39 is 0 Å². The maximum absolute atomic E-state index is 12.5. The van der Waals surface area contributed by atoms with Gasteiger partial charge in [0.1, 0.15) is 17.8 Å². The molecule has 1 aromatic heterocycles. The molecule has 2 aromatic rings. The van der Waals surface area contributed by atoms with Gasteiger partial charge in [-0.2, -0.15) is 0 Å². The molecule has 6 nitrogen and oxygen atoms in total. The Hall–Kier alpha value is -2.47. The Morgan fingerprint density at radius 2 is 2.00 bits per heavy atom. The van der Waals surface area contributed by atoms with E-state index in [0.717, 1.165) is 24.5 Å². The van der Waals surface area contributed by atoms with Crippen LogP contribution in [0.5, 0.6) is 5.75 Å². The van der Waals surface area contributed by atoms with Crippen LogP contribution in [-0.4, -0.2) is 44.1 Å². The van der Waals surface area contributed by atoms with E-state index in [4.69, 9.17) is 14.9 Å². The highest BCUT2D eigenvalue weighted by Crippen LogP contribution is 2.28. The van der Waals surface area contributed by atoms with Crippen LogP contribution in [0.15, 0.2) is 41.0 Å². The number of nitrogens with two attached hydrogens (primary N) is 1. The van der Waals surface area contributed by atoms with Crippen molar-refractivity contribution in [2.45, 2.75) is 6.54 Å². The molecule has 0 atom stereocenters. The fourth-order valence-electron chi connectivity index (χ4n) is 2.82. The first-order valence-corrected chi connectivity index (χ1v) is 7.67. The van der Waals surface area contributed by atoms with Gasteiger partial charge in [0.2, 0.25) is 0 Å². The minimum Gasteiger partial charge on any atom is -0.495 e. The number of hydrogen-bond donors (Lipinski definition) is 1. The van der Waals surface area contributed by atoms with Crippen LogP contribution in [0.3, 0.4) is 0 Å². The number of piperazine rings is 1. The molecule has 23 heavy (non-hydrogen) atoms. The lowest BCUT2D eigenvalue weighted by molar-refractivity contribution is 0.0746. The topological polar surface area (TPSA) is 71.9 Å². The van der Waals surface area contributed by atoms with E-state index in [1.807, 2.05) is 29.2 Å². The standard InChI is InChI=1S/C17H21N3O3/c1-22-16-5-3-2-4-15(16)19-6-8-20(9-7-19)17(21)13-10-14(11-18)23-12-13/h2-5,10,12H,6-9,11,18H2,1H3. The minimum absolute atomic E-state index is 0.00636. The van der Waals surface area contributed by atoms with Crippen molar-refractivity contribution in [1.82, 2.24) is 4.90 Å². The number of methoxy groups -OCH3 is 1. The van der Waals surface area contributed by atoms with Gasteiger partial charge in [-0.15, -0.1) is 0 Å². The summed E-state index contributed by atoms with van der Waals surface area (Å²) in [6.45, 7) is 3.18. The van der Waals surface area contributed by atoms with E-state index in [-0.39, 0.29) is 5.91 Å². The molecule has 1 saturated heterocycles. The molecule has 1 aliphatic rings. The first-order chi connectivity index (χ1) is 11.2. The van der Waals surface area contributed by atoms with Gasteiger partial charge in [-0.1, -0.05) is 12.1 Å². The van der Waals surface area contributed by atoms with E-state index >= 15 is 0 Å². The van der Waals surface area contributed by atoms with Gasteiger partial charge in [0.15, 0.2) is 0 Å². The van der Waals surface area contributed by atoms with Crippen LogP contribution in [0.1, 0.15) is 16.1 Å². The zero-order valence-corrected chi connectivity index (χ0v) is 13.2. The van der Waals surface area contributed by atoms with Crippen molar-refractivity contribution in [2.24, 2.45) is 5.73 Å². The Bertz CT molecular complexity index is 675. The van der Waals surface area contributed by atoms with Crippen molar-refractivity contribution in [1.29, 1.82) is 0 Å².